The molecule has 2 rings (SSSR count). The van der Waals surface area contributed by atoms with Crippen molar-refractivity contribution in [1.29, 1.82) is 0 Å². The van der Waals surface area contributed by atoms with Gasteiger partial charge >= 0.3 is 0 Å². The predicted octanol–water partition coefficient (Wildman–Crippen LogP) is 0.811. The van der Waals surface area contributed by atoms with E-state index in [4.69, 9.17) is 4.74 Å². The fourth-order valence-electron chi connectivity index (χ4n) is 2.14. The first kappa shape index (κ1) is 11.9. The van der Waals surface area contributed by atoms with Gasteiger partial charge in [0.05, 0.1) is 12.1 Å². The number of ether oxygens (including phenoxy) is 1. The van der Waals surface area contributed by atoms with Gasteiger partial charge in [-0.1, -0.05) is 0 Å². The highest BCUT2D eigenvalue weighted by Gasteiger charge is 2.39. The quantitative estimate of drug-likeness (QED) is 0.746. The standard InChI is InChI=1S/C12H22N2O2/c1-8(11(15)13-10-4-5-10)14-12(3)6-7-16-9(12)2/h8-10,14H,4-7H2,1-3H3,(H,13,15). The minimum atomic E-state index is -0.144. The van der Waals surface area contributed by atoms with Crippen molar-refractivity contribution in [1.82, 2.24) is 10.6 Å². The zero-order valence-corrected chi connectivity index (χ0v) is 10.4. The van der Waals surface area contributed by atoms with E-state index < -0.39 is 0 Å². The molecule has 4 nitrogen and oxygen atoms in total. The number of rotatable bonds is 4. The number of hydrogen-bond donors (Lipinski definition) is 2. The minimum absolute atomic E-state index is 0.0691. The monoisotopic (exact) mass is 226 g/mol. The van der Waals surface area contributed by atoms with Gasteiger partial charge in [0.15, 0.2) is 0 Å². The maximum absolute atomic E-state index is 11.8. The van der Waals surface area contributed by atoms with E-state index in [1.54, 1.807) is 0 Å². The van der Waals surface area contributed by atoms with E-state index in [-0.39, 0.29) is 23.6 Å². The summed E-state index contributed by atoms with van der Waals surface area (Å²) >= 11 is 0. The van der Waals surface area contributed by atoms with Crippen molar-refractivity contribution in [2.75, 3.05) is 6.61 Å². The number of carbonyl (C=O) groups is 1. The number of hydrogen-bond acceptors (Lipinski definition) is 3. The molecule has 4 heteroatoms. The molecule has 0 aromatic rings. The van der Waals surface area contributed by atoms with Crippen molar-refractivity contribution < 1.29 is 9.53 Å². The second-order valence-corrected chi connectivity index (χ2v) is 5.33. The predicted molar refractivity (Wildman–Crippen MR) is 62.2 cm³/mol. The first-order chi connectivity index (χ1) is 7.51. The maximum atomic E-state index is 11.8. The van der Waals surface area contributed by atoms with Crippen LogP contribution in [0, 0.1) is 0 Å². The molecule has 3 atom stereocenters. The van der Waals surface area contributed by atoms with Crippen molar-refractivity contribution in [3.05, 3.63) is 0 Å². The Morgan fingerprint density at radius 1 is 1.50 bits per heavy atom. The Morgan fingerprint density at radius 2 is 2.19 bits per heavy atom. The van der Waals surface area contributed by atoms with Crippen LogP contribution in [0.2, 0.25) is 0 Å². The average Bonchev–Trinajstić information content (AvgIpc) is 2.95. The molecular weight excluding hydrogens is 204 g/mol. The fourth-order valence-corrected chi connectivity index (χ4v) is 2.14. The highest BCUT2D eigenvalue weighted by molar-refractivity contribution is 5.82. The van der Waals surface area contributed by atoms with Gasteiger partial charge in [-0.15, -0.1) is 0 Å². The molecule has 2 aliphatic rings. The van der Waals surface area contributed by atoms with Gasteiger partial charge in [-0.05, 0) is 40.0 Å². The second kappa shape index (κ2) is 4.34. The summed E-state index contributed by atoms with van der Waals surface area (Å²) in [7, 11) is 0. The molecule has 0 aromatic heterocycles. The highest BCUT2D eigenvalue weighted by atomic mass is 16.5. The Bertz CT molecular complexity index is 278. The van der Waals surface area contributed by atoms with Crippen molar-refractivity contribution >= 4 is 5.91 Å². The van der Waals surface area contributed by atoms with Crippen LogP contribution in [0.1, 0.15) is 40.0 Å². The average molecular weight is 226 g/mol. The molecule has 1 heterocycles. The molecule has 2 fully saturated rings. The van der Waals surface area contributed by atoms with E-state index in [1.807, 2.05) is 6.92 Å². The van der Waals surface area contributed by atoms with E-state index >= 15 is 0 Å². The Kier molecular flexibility index (Phi) is 3.22. The minimum Gasteiger partial charge on any atom is -0.377 e. The third kappa shape index (κ3) is 2.55. The van der Waals surface area contributed by atoms with E-state index in [1.165, 1.54) is 0 Å². The molecule has 0 spiro atoms. The summed E-state index contributed by atoms with van der Waals surface area (Å²) in [6.07, 6.45) is 3.41. The van der Waals surface area contributed by atoms with Crippen molar-refractivity contribution in [3.63, 3.8) is 0 Å². The van der Waals surface area contributed by atoms with E-state index in [9.17, 15) is 4.79 Å². The first-order valence-electron chi connectivity index (χ1n) is 6.21. The summed E-state index contributed by atoms with van der Waals surface area (Å²) in [5.74, 6) is 0.114. The number of amides is 1. The second-order valence-electron chi connectivity index (χ2n) is 5.33. The summed E-state index contributed by atoms with van der Waals surface area (Å²) in [6.45, 7) is 6.90. The lowest BCUT2D eigenvalue weighted by Crippen LogP contribution is -2.56. The van der Waals surface area contributed by atoms with Crippen LogP contribution in [0.25, 0.3) is 0 Å². The Balaban J connectivity index is 1.85. The Hall–Kier alpha value is -0.610. The molecule has 92 valence electrons. The Labute approximate surface area is 97.1 Å². The molecular formula is C12H22N2O2. The van der Waals surface area contributed by atoms with Gasteiger partial charge in [0, 0.05) is 18.2 Å². The van der Waals surface area contributed by atoms with Gasteiger partial charge in [0.1, 0.15) is 0 Å². The van der Waals surface area contributed by atoms with Gasteiger partial charge in [-0.2, -0.15) is 0 Å². The fraction of sp³-hybridized carbons (Fsp3) is 0.917. The van der Waals surface area contributed by atoms with Gasteiger partial charge in [-0.3, -0.25) is 10.1 Å². The van der Waals surface area contributed by atoms with Crippen LogP contribution in [-0.2, 0) is 9.53 Å². The summed E-state index contributed by atoms with van der Waals surface area (Å²) in [6, 6.07) is 0.288. The van der Waals surface area contributed by atoms with Crippen LogP contribution >= 0.6 is 0 Å². The van der Waals surface area contributed by atoms with Crippen LogP contribution in [0.3, 0.4) is 0 Å². The molecule has 0 aromatic carbocycles. The smallest absolute Gasteiger partial charge is 0.237 e. The summed E-state index contributed by atoms with van der Waals surface area (Å²) < 4.78 is 5.55. The molecule has 2 N–H and O–H groups in total. The molecule has 16 heavy (non-hydrogen) atoms. The molecule has 1 amide bonds. The molecule has 0 radical (unpaired) electrons. The molecule has 1 aliphatic carbocycles. The largest absolute Gasteiger partial charge is 0.377 e. The maximum Gasteiger partial charge on any atom is 0.237 e. The molecule has 0 bridgehead atoms. The van der Waals surface area contributed by atoms with E-state index in [0.717, 1.165) is 25.9 Å². The van der Waals surface area contributed by atoms with Gasteiger partial charge < -0.3 is 10.1 Å². The lowest BCUT2D eigenvalue weighted by atomic mass is 9.93. The van der Waals surface area contributed by atoms with Crippen LogP contribution < -0.4 is 10.6 Å². The third-order valence-electron chi connectivity index (χ3n) is 3.75. The van der Waals surface area contributed by atoms with E-state index in [0.29, 0.717) is 6.04 Å². The lowest BCUT2D eigenvalue weighted by Gasteiger charge is -2.32. The zero-order valence-electron chi connectivity index (χ0n) is 10.4. The SMILES string of the molecule is CC(NC1(C)CCOC1C)C(=O)NC1CC1. The van der Waals surface area contributed by atoms with Gasteiger partial charge in [0.25, 0.3) is 0 Å². The van der Waals surface area contributed by atoms with Crippen LogP contribution in [0.5, 0.6) is 0 Å². The number of nitrogens with one attached hydrogen (secondary N) is 2. The summed E-state index contributed by atoms with van der Waals surface area (Å²) in [5, 5.41) is 6.42. The van der Waals surface area contributed by atoms with Gasteiger partial charge in [0.2, 0.25) is 5.91 Å². The normalized spacial score (nSPS) is 36.1. The molecule has 1 saturated carbocycles. The van der Waals surface area contributed by atoms with Crippen LogP contribution in [0.4, 0.5) is 0 Å². The van der Waals surface area contributed by atoms with Gasteiger partial charge in [-0.25, -0.2) is 0 Å². The molecule has 1 aliphatic heterocycles. The van der Waals surface area contributed by atoms with Crippen molar-refractivity contribution in [2.24, 2.45) is 0 Å². The molecule has 3 unspecified atom stereocenters. The first-order valence-corrected chi connectivity index (χ1v) is 6.21. The summed E-state index contributed by atoms with van der Waals surface area (Å²) in [5.41, 5.74) is -0.0691. The topological polar surface area (TPSA) is 50.4 Å². The van der Waals surface area contributed by atoms with Crippen molar-refractivity contribution in [3.8, 4) is 0 Å². The number of carbonyl (C=O) groups excluding carboxylic acids is 1. The van der Waals surface area contributed by atoms with Crippen LogP contribution in [-0.4, -0.2) is 36.2 Å². The van der Waals surface area contributed by atoms with Crippen molar-refractivity contribution in [2.45, 2.75) is 63.8 Å². The zero-order chi connectivity index (χ0) is 11.8. The molecule has 1 saturated heterocycles. The highest BCUT2D eigenvalue weighted by Crippen LogP contribution is 2.25. The third-order valence-corrected chi connectivity index (χ3v) is 3.75. The Morgan fingerprint density at radius 3 is 2.69 bits per heavy atom. The summed E-state index contributed by atoms with van der Waals surface area (Å²) in [4.78, 5) is 11.8. The lowest BCUT2D eigenvalue weighted by molar-refractivity contribution is -0.123. The van der Waals surface area contributed by atoms with Crippen LogP contribution in [0.15, 0.2) is 0 Å². The van der Waals surface area contributed by atoms with E-state index in [2.05, 4.69) is 24.5 Å².